The first kappa shape index (κ1) is 21.0. The van der Waals surface area contributed by atoms with Gasteiger partial charge in [0.25, 0.3) is 0 Å². The number of benzene rings is 1. The largest absolute Gasteiger partial charge is 0.481 e. The number of ether oxygens (including phenoxy) is 1. The third-order valence-corrected chi connectivity index (χ3v) is 4.89. The maximum absolute atomic E-state index is 11.8. The van der Waals surface area contributed by atoms with Gasteiger partial charge in [-0.1, -0.05) is 36.0 Å². The van der Waals surface area contributed by atoms with Crippen LogP contribution in [0, 0.1) is 0 Å². The zero-order valence-electron chi connectivity index (χ0n) is 13.4. The highest BCUT2D eigenvalue weighted by Gasteiger charge is 2.17. The summed E-state index contributed by atoms with van der Waals surface area (Å²) < 4.78 is 30.3. The zero-order chi connectivity index (χ0) is 18.2. The smallest absolute Gasteiger partial charge is 0.303 e. The van der Waals surface area contributed by atoms with Gasteiger partial charge in [-0.2, -0.15) is 4.31 Å². The molecule has 0 aliphatic heterocycles. The van der Waals surface area contributed by atoms with E-state index in [4.69, 9.17) is 33.0 Å². The molecule has 0 aliphatic rings. The van der Waals surface area contributed by atoms with Gasteiger partial charge < -0.3 is 9.84 Å². The van der Waals surface area contributed by atoms with E-state index >= 15 is 0 Å². The van der Waals surface area contributed by atoms with Crippen molar-refractivity contribution in [1.82, 2.24) is 4.31 Å². The number of aliphatic carboxylic acids is 1. The normalized spacial score (nSPS) is 11.7. The van der Waals surface area contributed by atoms with Crippen molar-refractivity contribution in [3.8, 4) is 5.75 Å². The van der Waals surface area contributed by atoms with Crippen molar-refractivity contribution < 1.29 is 23.1 Å². The molecule has 0 unspecified atom stereocenters. The van der Waals surface area contributed by atoms with E-state index < -0.39 is 16.0 Å². The Morgan fingerprint density at radius 1 is 1.12 bits per heavy atom. The van der Waals surface area contributed by atoms with Crippen molar-refractivity contribution in [1.29, 1.82) is 0 Å². The Bertz CT molecular complexity index is 631. The maximum atomic E-state index is 11.8. The maximum Gasteiger partial charge on any atom is 0.303 e. The summed E-state index contributed by atoms with van der Waals surface area (Å²) in [6, 6.07) is 4.67. The van der Waals surface area contributed by atoms with Crippen LogP contribution in [0.1, 0.15) is 32.1 Å². The first-order valence-electron chi connectivity index (χ1n) is 7.44. The molecule has 24 heavy (non-hydrogen) atoms. The van der Waals surface area contributed by atoms with Crippen molar-refractivity contribution in [2.75, 3.05) is 19.5 Å². The Kier molecular flexibility index (Phi) is 8.83. The van der Waals surface area contributed by atoms with Crippen LogP contribution < -0.4 is 4.74 Å². The molecule has 0 heterocycles. The summed E-state index contributed by atoms with van der Waals surface area (Å²) in [6.45, 7) is 0.171. The van der Waals surface area contributed by atoms with E-state index in [9.17, 15) is 13.2 Å². The number of carbonyl (C=O) groups is 1. The van der Waals surface area contributed by atoms with Gasteiger partial charge in [-0.3, -0.25) is 4.79 Å². The quantitative estimate of drug-likeness (QED) is 0.455. The minimum Gasteiger partial charge on any atom is -0.481 e. The number of sulfonamides is 1. The van der Waals surface area contributed by atoms with E-state index in [1.807, 2.05) is 0 Å². The predicted octanol–water partition coefficient (Wildman–Crippen LogP) is 3.63. The summed E-state index contributed by atoms with van der Waals surface area (Å²) in [4.78, 5) is 10.4. The summed E-state index contributed by atoms with van der Waals surface area (Å²) >= 11 is 11.7. The highest BCUT2D eigenvalue weighted by Crippen LogP contribution is 2.24. The number of unbranched alkanes of at least 4 members (excludes halogenated alkanes) is 3. The first-order valence-corrected chi connectivity index (χ1v) is 10.0. The van der Waals surface area contributed by atoms with Crippen molar-refractivity contribution in [2.45, 2.75) is 32.1 Å². The standard InChI is InChI=1S/C15H21Cl2NO5S/c1-24(21,22)18(7-5-3-2-4-6-15(19)20)11-23-14-9-12(16)8-13(17)10-14/h8-10H,2-7,11H2,1H3,(H,19,20). The van der Waals surface area contributed by atoms with Gasteiger partial charge in [-0.25, -0.2) is 8.42 Å². The average Bonchev–Trinajstić information content (AvgIpc) is 2.42. The fraction of sp³-hybridized carbons (Fsp3) is 0.533. The SMILES string of the molecule is CS(=O)(=O)N(CCCCCCC(=O)O)COc1cc(Cl)cc(Cl)c1. The van der Waals surface area contributed by atoms with Gasteiger partial charge in [0.1, 0.15) is 5.75 Å². The predicted molar refractivity (Wildman–Crippen MR) is 94.2 cm³/mol. The van der Waals surface area contributed by atoms with Crippen LogP contribution in [0.4, 0.5) is 0 Å². The van der Waals surface area contributed by atoms with E-state index in [1.165, 1.54) is 4.31 Å². The van der Waals surface area contributed by atoms with E-state index in [0.29, 0.717) is 35.2 Å². The molecule has 0 aliphatic carbocycles. The minimum absolute atomic E-state index is 0.133. The van der Waals surface area contributed by atoms with Gasteiger partial charge in [-0.05, 0) is 31.0 Å². The average molecular weight is 398 g/mol. The first-order chi connectivity index (χ1) is 11.2. The third-order valence-electron chi connectivity index (χ3n) is 3.23. The fourth-order valence-electron chi connectivity index (χ4n) is 2.00. The lowest BCUT2D eigenvalue weighted by atomic mass is 10.1. The van der Waals surface area contributed by atoms with Gasteiger partial charge in [0, 0.05) is 23.0 Å². The second-order valence-electron chi connectivity index (χ2n) is 5.37. The lowest BCUT2D eigenvalue weighted by Crippen LogP contribution is -2.34. The Hall–Kier alpha value is -1.02. The molecule has 0 atom stereocenters. The zero-order valence-corrected chi connectivity index (χ0v) is 15.7. The number of nitrogens with zero attached hydrogens (tertiary/aromatic N) is 1. The highest BCUT2D eigenvalue weighted by atomic mass is 35.5. The van der Waals surface area contributed by atoms with E-state index in [2.05, 4.69) is 0 Å². The molecule has 0 saturated heterocycles. The summed E-state index contributed by atoms with van der Waals surface area (Å²) in [5.74, 6) is -0.427. The molecule has 1 aromatic rings. The molecule has 9 heteroatoms. The van der Waals surface area contributed by atoms with Crippen LogP contribution in [0.15, 0.2) is 18.2 Å². The van der Waals surface area contributed by atoms with Crippen molar-refractivity contribution in [3.05, 3.63) is 28.2 Å². The molecular formula is C15H21Cl2NO5S. The molecule has 0 spiro atoms. The molecule has 0 radical (unpaired) electrons. The minimum atomic E-state index is -3.41. The van der Waals surface area contributed by atoms with E-state index in [1.54, 1.807) is 18.2 Å². The van der Waals surface area contributed by atoms with Crippen molar-refractivity contribution >= 4 is 39.2 Å². The number of rotatable bonds is 11. The van der Waals surface area contributed by atoms with Gasteiger partial charge >= 0.3 is 5.97 Å². The molecular weight excluding hydrogens is 377 g/mol. The molecule has 6 nitrogen and oxygen atoms in total. The molecule has 1 aromatic carbocycles. The van der Waals surface area contributed by atoms with E-state index in [-0.39, 0.29) is 13.2 Å². The van der Waals surface area contributed by atoms with Crippen LogP contribution >= 0.6 is 23.2 Å². The summed E-state index contributed by atoms with van der Waals surface area (Å²) in [7, 11) is -3.41. The summed E-state index contributed by atoms with van der Waals surface area (Å²) in [6.07, 6.45) is 3.97. The van der Waals surface area contributed by atoms with Crippen LogP contribution in [0.3, 0.4) is 0 Å². The monoisotopic (exact) mass is 397 g/mol. The highest BCUT2D eigenvalue weighted by molar-refractivity contribution is 7.88. The molecule has 0 bridgehead atoms. The molecule has 0 amide bonds. The summed E-state index contributed by atoms with van der Waals surface area (Å²) in [5, 5.41) is 9.37. The molecule has 0 aromatic heterocycles. The fourth-order valence-corrected chi connectivity index (χ4v) is 3.21. The number of carboxylic acid groups (broad SMARTS) is 1. The topological polar surface area (TPSA) is 83.9 Å². The van der Waals surface area contributed by atoms with Crippen LogP contribution in [-0.4, -0.2) is 43.3 Å². The second-order valence-corrected chi connectivity index (χ2v) is 8.23. The second kappa shape index (κ2) is 10.1. The Labute approximate surface area is 152 Å². The molecule has 0 fully saturated rings. The van der Waals surface area contributed by atoms with Crippen LogP contribution in [0.25, 0.3) is 0 Å². The number of hydrogen-bond acceptors (Lipinski definition) is 4. The molecule has 1 N–H and O–H groups in total. The van der Waals surface area contributed by atoms with Gasteiger partial charge in [0.05, 0.1) is 6.26 Å². The van der Waals surface area contributed by atoms with Gasteiger partial charge in [0.15, 0.2) is 6.73 Å². The van der Waals surface area contributed by atoms with Gasteiger partial charge in [-0.15, -0.1) is 0 Å². The van der Waals surface area contributed by atoms with Crippen molar-refractivity contribution in [2.24, 2.45) is 0 Å². The number of carboxylic acids is 1. The lowest BCUT2D eigenvalue weighted by Gasteiger charge is -2.20. The Balaban J connectivity index is 2.47. The lowest BCUT2D eigenvalue weighted by molar-refractivity contribution is -0.137. The molecule has 136 valence electrons. The van der Waals surface area contributed by atoms with Crippen LogP contribution in [-0.2, 0) is 14.8 Å². The Morgan fingerprint density at radius 2 is 1.71 bits per heavy atom. The van der Waals surface area contributed by atoms with Gasteiger partial charge in [0.2, 0.25) is 10.0 Å². The van der Waals surface area contributed by atoms with Crippen molar-refractivity contribution in [3.63, 3.8) is 0 Å². The van der Waals surface area contributed by atoms with Crippen LogP contribution in [0.5, 0.6) is 5.75 Å². The Morgan fingerprint density at radius 3 is 2.25 bits per heavy atom. The summed E-state index contributed by atoms with van der Waals surface area (Å²) in [5.41, 5.74) is 0. The number of halogens is 2. The molecule has 1 rings (SSSR count). The molecule has 0 saturated carbocycles. The van der Waals surface area contributed by atoms with Crippen LogP contribution in [0.2, 0.25) is 10.0 Å². The number of hydrogen-bond donors (Lipinski definition) is 1. The van der Waals surface area contributed by atoms with E-state index in [0.717, 1.165) is 19.1 Å². The third kappa shape index (κ3) is 8.73.